The maximum absolute atomic E-state index is 3.54. The summed E-state index contributed by atoms with van der Waals surface area (Å²) in [5.74, 6) is 0. The first-order chi connectivity index (χ1) is 7.38. The lowest BCUT2D eigenvalue weighted by molar-refractivity contribution is 0.159. The van der Waals surface area contributed by atoms with Crippen molar-refractivity contribution in [1.29, 1.82) is 0 Å². The number of para-hydroxylation sites is 1. The van der Waals surface area contributed by atoms with Gasteiger partial charge in [-0.15, -0.1) is 0 Å². The predicted octanol–water partition coefficient (Wildman–Crippen LogP) is 2.58. The lowest BCUT2D eigenvalue weighted by Crippen LogP contribution is -2.54. The minimum atomic E-state index is 0.657. The highest BCUT2D eigenvalue weighted by Crippen LogP contribution is 2.15. The van der Waals surface area contributed by atoms with Crippen molar-refractivity contribution >= 4 is 5.69 Å². The second-order valence-electron chi connectivity index (χ2n) is 4.32. The van der Waals surface area contributed by atoms with Crippen molar-refractivity contribution in [2.75, 3.05) is 25.0 Å². The Morgan fingerprint density at radius 1 is 1.27 bits per heavy atom. The Morgan fingerprint density at radius 3 is 2.67 bits per heavy atom. The van der Waals surface area contributed by atoms with Crippen LogP contribution in [0.5, 0.6) is 0 Å². The van der Waals surface area contributed by atoms with Gasteiger partial charge in [0.1, 0.15) is 0 Å². The topological polar surface area (TPSA) is 15.3 Å². The van der Waals surface area contributed by atoms with E-state index in [1.54, 1.807) is 0 Å². The minimum Gasteiger partial charge on any atom is -0.380 e. The van der Waals surface area contributed by atoms with Gasteiger partial charge in [-0.2, -0.15) is 0 Å². The number of hydrogen-bond donors (Lipinski definition) is 1. The Kier molecular flexibility index (Phi) is 3.62. The first-order valence-electron chi connectivity index (χ1n) is 5.92. The van der Waals surface area contributed by atoms with Crippen LogP contribution in [0.1, 0.15) is 19.8 Å². The SMILES string of the molecule is CCCCN1CC(Nc2ccccc2)C1. The van der Waals surface area contributed by atoms with Crippen molar-refractivity contribution in [1.82, 2.24) is 4.90 Å². The zero-order valence-electron chi connectivity index (χ0n) is 9.45. The molecule has 0 aliphatic carbocycles. The first kappa shape index (κ1) is 10.5. The minimum absolute atomic E-state index is 0.657. The zero-order chi connectivity index (χ0) is 10.5. The maximum Gasteiger partial charge on any atom is 0.0515 e. The van der Waals surface area contributed by atoms with Crippen LogP contribution < -0.4 is 5.32 Å². The summed E-state index contributed by atoms with van der Waals surface area (Å²) in [5.41, 5.74) is 1.25. The van der Waals surface area contributed by atoms with Crippen LogP contribution in [-0.2, 0) is 0 Å². The van der Waals surface area contributed by atoms with Crippen LogP contribution >= 0.6 is 0 Å². The molecule has 1 saturated heterocycles. The highest BCUT2D eigenvalue weighted by Gasteiger charge is 2.25. The third-order valence-corrected chi connectivity index (χ3v) is 2.93. The number of hydrogen-bond acceptors (Lipinski definition) is 2. The molecule has 1 aliphatic rings. The van der Waals surface area contributed by atoms with Gasteiger partial charge < -0.3 is 5.32 Å². The van der Waals surface area contributed by atoms with Crippen LogP contribution in [0.4, 0.5) is 5.69 Å². The standard InChI is InChI=1S/C13H20N2/c1-2-3-9-15-10-13(11-15)14-12-7-5-4-6-8-12/h4-8,13-14H,2-3,9-11H2,1H3. The molecule has 1 aliphatic heterocycles. The molecule has 0 aromatic heterocycles. The molecule has 0 bridgehead atoms. The third-order valence-electron chi connectivity index (χ3n) is 2.93. The number of nitrogens with one attached hydrogen (secondary N) is 1. The molecule has 0 unspecified atom stereocenters. The van der Waals surface area contributed by atoms with Crippen LogP contribution in [0.3, 0.4) is 0 Å². The van der Waals surface area contributed by atoms with Crippen molar-refractivity contribution in [3.8, 4) is 0 Å². The van der Waals surface area contributed by atoms with Gasteiger partial charge in [0.25, 0.3) is 0 Å². The molecule has 0 spiro atoms. The van der Waals surface area contributed by atoms with Crippen molar-refractivity contribution in [3.05, 3.63) is 30.3 Å². The highest BCUT2D eigenvalue weighted by atomic mass is 15.2. The summed E-state index contributed by atoms with van der Waals surface area (Å²) in [6.07, 6.45) is 2.63. The number of benzene rings is 1. The normalized spacial score (nSPS) is 17.4. The fourth-order valence-electron chi connectivity index (χ4n) is 2.00. The van der Waals surface area contributed by atoms with E-state index < -0.39 is 0 Å². The summed E-state index contributed by atoms with van der Waals surface area (Å²) in [4.78, 5) is 2.52. The van der Waals surface area contributed by atoms with Crippen molar-refractivity contribution < 1.29 is 0 Å². The Balaban J connectivity index is 1.68. The summed E-state index contributed by atoms with van der Waals surface area (Å²) in [6, 6.07) is 11.1. The van der Waals surface area contributed by atoms with E-state index in [-0.39, 0.29) is 0 Å². The van der Waals surface area contributed by atoms with E-state index in [0.29, 0.717) is 6.04 Å². The smallest absolute Gasteiger partial charge is 0.0515 e. The Morgan fingerprint density at radius 2 is 2.00 bits per heavy atom. The molecule has 15 heavy (non-hydrogen) atoms. The Hall–Kier alpha value is -1.02. The van der Waals surface area contributed by atoms with Gasteiger partial charge in [-0.05, 0) is 25.1 Å². The molecule has 1 aromatic carbocycles. The van der Waals surface area contributed by atoms with Crippen LogP contribution in [-0.4, -0.2) is 30.6 Å². The molecule has 0 atom stereocenters. The monoisotopic (exact) mass is 204 g/mol. The van der Waals surface area contributed by atoms with E-state index in [4.69, 9.17) is 0 Å². The van der Waals surface area contributed by atoms with Crippen LogP contribution in [0.15, 0.2) is 30.3 Å². The van der Waals surface area contributed by atoms with Gasteiger partial charge in [0.15, 0.2) is 0 Å². The fourth-order valence-corrected chi connectivity index (χ4v) is 2.00. The maximum atomic E-state index is 3.54. The molecule has 1 N–H and O–H groups in total. The Bertz CT molecular complexity index is 278. The lowest BCUT2D eigenvalue weighted by Gasteiger charge is -2.40. The number of anilines is 1. The van der Waals surface area contributed by atoms with Gasteiger partial charge in [-0.25, -0.2) is 0 Å². The summed E-state index contributed by atoms with van der Waals surface area (Å²) < 4.78 is 0. The van der Waals surface area contributed by atoms with Gasteiger partial charge in [0.2, 0.25) is 0 Å². The summed E-state index contributed by atoms with van der Waals surface area (Å²) in [7, 11) is 0. The molecule has 0 amide bonds. The molecular weight excluding hydrogens is 184 g/mol. The molecule has 2 rings (SSSR count). The molecule has 0 radical (unpaired) electrons. The first-order valence-corrected chi connectivity index (χ1v) is 5.92. The van der Waals surface area contributed by atoms with Crippen molar-refractivity contribution in [3.63, 3.8) is 0 Å². The van der Waals surface area contributed by atoms with Gasteiger partial charge in [-0.3, -0.25) is 4.90 Å². The van der Waals surface area contributed by atoms with Crippen LogP contribution in [0, 0.1) is 0 Å². The number of likely N-dealkylation sites (tertiary alicyclic amines) is 1. The van der Waals surface area contributed by atoms with E-state index in [9.17, 15) is 0 Å². The van der Waals surface area contributed by atoms with Crippen LogP contribution in [0.25, 0.3) is 0 Å². The zero-order valence-corrected chi connectivity index (χ0v) is 9.45. The number of rotatable bonds is 5. The van der Waals surface area contributed by atoms with E-state index in [2.05, 4.69) is 47.5 Å². The number of unbranched alkanes of at least 4 members (excludes halogenated alkanes) is 1. The quantitative estimate of drug-likeness (QED) is 0.793. The van der Waals surface area contributed by atoms with Crippen LogP contribution in [0.2, 0.25) is 0 Å². The van der Waals surface area contributed by atoms with Gasteiger partial charge >= 0.3 is 0 Å². The van der Waals surface area contributed by atoms with E-state index in [0.717, 1.165) is 0 Å². The van der Waals surface area contributed by atoms with Gasteiger partial charge in [-0.1, -0.05) is 31.5 Å². The average molecular weight is 204 g/mol. The summed E-state index contributed by atoms with van der Waals surface area (Å²) in [6.45, 7) is 5.92. The molecule has 2 heteroatoms. The van der Waals surface area contributed by atoms with E-state index in [1.165, 1.54) is 38.2 Å². The molecule has 1 heterocycles. The number of nitrogens with zero attached hydrogens (tertiary/aromatic N) is 1. The second kappa shape index (κ2) is 5.17. The fraction of sp³-hybridized carbons (Fsp3) is 0.538. The van der Waals surface area contributed by atoms with E-state index >= 15 is 0 Å². The van der Waals surface area contributed by atoms with Crippen molar-refractivity contribution in [2.24, 2.45) is 0 Å². The predicted molar refractivity (Wildman–Crippen MR) is 65.2 cm³/mol. The van der Waals surface area contributed by atoms with Gasteiger partial charge in [0, 0.05) is 18.8 Å². The third kappa shape index (κ3) is 2.96. The molecule has 0 saturated carbocycles. The molecule has 2 nitrogen and oxygen atoms in total. The van der Waals surface area contributed by atoms with Crippen molar-refractivity contribution in [2.45, 2.75) is 25.8 Å². The molecular formula is C13H20N2. The summed E-state index contributed by atoms with van der Waals surface area (Å²) >= 11 is 0. The van der Waals surface area contributed by atoms with Gasteiger partial charge in [0.05, 0.1) is 6.04 Å². The molecule has 1 fully saturated rings. The largest absolute Gasteiger partial charge is 0.380 e. The Labute approximate surface area is 92.3 Å². The molecule has 82 valence electrons. The highest BCUT2D eigenvalue weighted by molar-refractivity contribution is 5.44. The van der Waals surface area contributed by atoms with E-state index in [1.807, 2.05) is 0 Å². The summed E-state index contributed by atoms with van der Waals surface area (Å²) in [5, 5.41) is 3.54. The lowest BCUT2D eigenvalue weighted by atomic mass is 10.1. The molecule has 1 aromatic rings. The average Bonchev–Trinajstić information content (AvgIpc) is 2.23. The second-order valence-corrected chi connectivity index (χ2v) is 4.32.